The van der Waals surface area contributed by atoms with E-state index >= 15 is 0 Å². The monoisotopic (exact) mass is 160 g/mol. The molecule has 0 radical (unpaired) electrons. The van der Waals surface area contributed by atoms with Gasteiger partial charge in [-0.2, -0.15) is 0 Å². The van der Waals surface area contributed by atoms with E-state index in [-0.39, 0.29) is 0 Å². The molecule has 0 aliphatic rings. The molecule has 0 bridgehead atoms. The second kappa shape index (κ2) is 0.898. The van der Waals surface area contributed by atoms with Crippen LogP contribution in [-0.4, -0.2) is 20.8 Å². The van der Waals surface area contributed by atoms with Gasteiger partial charge in [-0.3, -0.25) is 0 Å². The Morgan fingerprint density at radius 3 is 1.33 bits per heavy atom. The van der Waals surface area contributed by atoms with E-state index in [1.807, 2.05) is 0 Å². The summed E-state index contributed by atoms with van der Waals surface area (Å²) >= 11 is -4.62. The fourth-order valence-corrected chi connectivity index (χ4v) is 0. The first kappa shape index (κ1) is 6.24. The van der Waals surface area contributed by atoms with Crippen LogP contribution in [0.4, 0.5) is 0 Å². The molecule has 0 fully saturated rings. The summed E-state index contributed by atoms with van der Waals surface area (Å²) in [5.41, 5.74) is 0. The van der Waals surface area contributed by atoms with Crippen molar-refractivity contribution in [3.63, 3.8) is 0 Å². The zero-order chi connectivity index (χ0) is 5.45. The van der Waals surface area contributed by atoms with Gasteiger partial charge in [0.05, 0.1) is 0 Å². The fourth-order valence-electron chi connectivity index (χ4n) is 0. The van der Waals surface area contributed by atoms with Gasteiger partial charge < -0.3 is 0 Å². The van der Waals surface area contributed by atoms with Gasteiger partial charge in [0.25, 0.3) is 0 Å². The van der Waals surface area contributed by atoms with Gasteiger partial charge in [0, 0.05) is 0 Å². The first-order chi connectivity index (χ1) is 2.24. The van der Waals surface area contributed by atoms with Gasteiger partial charge in [0.1, 0.15) is 0 Å². The van der Waals surface area contributed by atoms with Gasteiger partial charge in [-0.15, -0.1) is 0 Å². The molecule has 0 atom stereocenters. The molecule has 0 rings (SSSR count). The Hall–Kier alpha value is 0.239. The van der Waals surface area contributed by atoms with Gasteiger partial charge in [0.2, 0.25) is 0 Å². The van der Waals surface area contributed by atoms with E-state index < -0.39 is 12.4 Å². The van der Waals surface area contributed by atoms with Gasteiger partial charge in [0.15, 0.2) is 0 Å². The average Bonchev–Trinajstić information content (AvgIpc) is 0.650. The van der Waals surface area contributed by atoms with Crippen molar-refractivity contribution in [1.82, 2.24) is 0 Å². The van der Waals surface area contributed by atoms with E-state index in [9.17, 15) is 3.83 Å². The molecule has 0 heterocycles. The molecule has 40 valence electrons. The van der Waals surface area contributed by atoms with Crippen molar-refractivity contribution in [1.29, 1.82) is 0 Å². The molecule has 4 heteroatoms. The molecule has 0 aromatic heterocycles. The van der Waals surface area contributed by atoms with Crippen LogP contribution in [0, 0.1) is 0 Å². The Balaban J connectivity index is 4.16. The molecule has 0 aromatic rings. The summed E-state index contributed by atoms with van der Waals surface area (Å²) in [6, 6.07) is 0. The van der Waals surface area contributed by atoms with Gasteiger partial charge in [-0.05, 0) is 0 Å². The average molecular weight is 159 g/mol. The molecular formula is C2H8O3Se. The number of rotatable bonds is 0. The fraction of sp³-hybridized carbons (Fsp3) is 1.00. The van der Waals surface area contributed by atoms with Crippen LogP contribution < -0.4 is 0 Å². The minimum absolute atomic E-state index is 0.931. The second-order valence-electron chi connectivity index (χ2n) is 1.70. The Morgan fingerprint density at radius 1 is 1.33 bits per heavy atom. The maximum atomic E-state index is 9.96. The molecule has 0 aliphatic carbocycles. The van der Waals surface area contributed by atoms with Crippen molar-refractivity contribution in [3.8, 4) is 0 Å². The van der Waals surface area contributed by atoms with Crippen molar-refractivity contribution in [2.45, 2.75) is 11.6 Å². The second-order valence-corrected chi connectivity index (χ2v) is 8.85. The quantitative estimate of drug-likeness (QED) is 0.471. The number of hydrogen-bond acceptors (Lipinski definition) is 1. The molecule has 6 heavy (non-hydrogen) atoms. The molecule has 0 unspecified atom stereocenters. The van der Waals surface area contributed by atoms with Crippen LogP contribution in [0.3, 0.4) is 0 Å². The predicted octanol–water partition coefficient (Wildman–Crippen LogP) is -0.446. The maximum absolute atomic E-state index is 9.96. The van der Waals surface area contributed by atoms with E-state index in [1.54, 1.807) is 0 Å². The van der Waals surface area contributed by atoms with Crippen LogP contribution in [0.15, 0.2) is 0 Å². The van der Waals surface area contributed by atoms with Gasteiger partial charge in [-0.1, -0.05) is 0 Å². The molecule has 0 spiro atoms. The first-order valence-electron chi connectivity index (χ1n) is 1.35. The summed E-state index contributed by atoms with van der Waals surface area (Å²) in [4.78, 5) is 0. The Labute approximate surface area is 37.0 Å². The topological polar surface area (TPSA) is 57.5 Å². The summed E-state index contributed by atoms with van der Waals surface area (Å²) in [6.45, 7) is 0. The van der Waals surface area contributed by atoms with Gasteiger partial charge >= 0.3 is 36.2 Å². The van der Waals surface area contributed by atoms with Crippen molar-refractivity contribution in [2.24, 2.45) is 0 Å². The summed E-state index contributed by atoms with van der Waals surface area (Å²) in [7, 11) is 0. The normalized spacial score (nSPS) is 19.0. The van der Waals surface area contributed by atoms with E-state index in [2.05, 4.69) is 0 Å². The molecule has 0 saturated carbocycles. The predicted molar refractivity (Wildman–Crippen MR) is 22.6 cm³/mol. The van der Waals surface area contributed by atoms with Crippen LogP contribution in [0.25, 0.3) is 0 Å². The summed E-state index contributed by atoms with van der Waals surface area (Å²) < 4.78 is 26.3. The third-order valence-corrected chi connectivity index (χ3v) is 0. The van der Waals surface area contributed by atoms with Crippen molar-refractivity contribution in [3.05, 3.63) is 0 Å². The zero-order valence-corrected chi connectivity index (χ0v) is 5.42. The van der Waals surface area contributed by atoms with Crippen molar-refractivity contribution in [2.75, 3.05) is 0 Å². The number of hydrogen-bond donors (Lipinski definition) is 2. The van der Waals surface area contributed by atoms with Crippen LogP contribution in [-0.2, 0) is 3.83 Å². The SMILES string of the molecule is C[Se](C)(=O)(O)O. The minimum atomic E-state index is -4.62. The van der Waals surface area contributed by atoms with Crippen molar-refractivity contribution < 1.29 is 12.2 Å². The summed E-state index contributed by atoms with van der Waals surface area (Å²) in [5.74, 6) is 1.86. The van der Waals surface area contributed by atoms with Crippen LogP contribution in [0.5, 0.6) is 0 Å². The van der Waals surface area contributed by atoms with Crippen LogP contribution in [0.2, 0.25) is 11.6 Å². The first-order valence-corrected chi connectivity index (χ1v) is 7.01. The Bertz CT molecular complexity index is 86.5. The zero-order valence-electron chi connectivity index (χ0n) is 3.71. The molecule has 3 nitrogen and oxygen atoms in total. The van der Waals surface area contributed by atoms with E-state index in [0.717, 1.165) is 11.6 Å². The van der Waals surface area contributed by atoms with E-state index in [1.165, 1.54) is 0 Å². The summed E-state index contributed by atoms with van der Waals surface area (Å²) in [6.07, 6.45) is 0. The molecule has 2 N–H and O–H groups in total. The molecule has 0 aromatic carbocycles. The summed E-state index contributed by atoms with van der Waals surface area (Å²) in [5, 5.41) is 0. The Morgan fingerprint density at radius 2 is 1.33 bits per heavy atom. The molecular weight excluding hydrogens is 151 g/mol. The van der Waals surface area contributed by atoms with E-state index in [0.29, 0.717) is 0 Å². The Kier molecular flexibility index (Phi) is 0.934. The van der Waals surface area contributed by atoms with Crippen LogP contribution >= 0.6 is 0 Å². The van der Waals surface area contributed by atoms with Crippen molar-refractivity contribution >= 4 is 12.4 Å². The van der Waals surface area contributed by atoms with E-state index in [4.69, 9.17) is 8.38 Å². The van der Waals surface area contributed by atoms with Crippen LogP contribution in [0.1, 0.15) is 0 Å². The molecule has 0 amide bonds. The molecule has 0 aliphatic heterocycles. The third kappa shape index (κ3) is 776. The van der Waals surface area contributed by atoms with Gasteiger partial charge in [-0.25, -0.2) is 0 Å². The third-order valence-electron chi connectivity index (χ3n) is 0. The molecule has 0 saturated heterocycles. The standard InChI is InChI=1S/C2H8O3Se/c1-6(2,3,4)5/h1-2H3,(H2,3,4,5).